The van der Waals surface area contributed by atoms with Gasteiger partial charge < -0.3 is 24.8 Å². The highest BCUT2D eigenvalue weighted by molar-refractivity contribution is 5.55. The van der Waals surface area contributed by atoms with Gasteiger partial charge in [0.15, 0.2) is 11.5 Å². The molecule has 18 heavy (non-hydrogen) atoms. The van der Waals surface area contributed by atoms with Gasteiger partial charge in [-0.25, -0.2) is 0 Å². The Bertz CT molecular complexity index is 405. The highest BCUT2D eigenvalue weighted by Crippen LogP contribution is 2.34. The molecule has 1 atom stereocenters. The summed E-state index contributed by atoms with van der Waals surface area (Å²) in [6, 6.07) is 5.92. The van der Waals surface area contributed by atoms with Crippen molar-refractivity contribution >= 4 is 5.69 Å². The van der Waals surface area contributed by atoms with Gasteiger partial charge in [-0.15, -0.1) is 0 Å². The van der Waals surface area contributed by atoms with E-state index in [1.165, 1.54) is 0 Å². The first-order chi connectivity index (χ1) is 8.92. The van der Waals surface area contributed by atoms with Crippen molar-refractivity contribution in [3.05, 3.63) is 18.2 Å². The molecule has 0 spiro atoms. The average Bonchev–Trinajstić information content (AvgIpc) is 2.87. The van der Waals surface area contributed by atoms with Crippen LogP contribution in [-0.2, 0) is 4.74 Å². The summed E-state index contributed by atoms with van der Waals surface area (Å²) in [4.78, 5) is 0. The van der Waals surface area contributed by atoms with E-state index < -0.39 is 0 Å². The van der Waals surface area contributed by atoms with Crippen molar-refractivity contribution in [3.8, 4) is 11.5 Å². The van der Waals surface area contributed by atoms with Crippen LogP contribution in [0.3, 0.4) is 0 Å². The second-order valence-electron chi connectivity index (χ2n) is 4.48. The Kier molecular flexibility index (Phi) is 3.52. The Balaban J connectivity index is 1.48. The Morgan fingerprint density at radius 1 is 1.28 bits per heavy atom. The first-order valence-electron chi connectivity index (χ1n) is 6.38. The molecule has 0 saturated carbocycles. The Hall–Kier alpha value is -1.46. The predicted molar refractivity (Wildman–Crippen MR) is 68.3 cm³/mol. The summed E-state index contributed by atoms with van der Waals surface area (Å²) in [5, 5.41) is 6.71. The second-order valence-corrected chi connectivity index (χ2v) is 4.48. The third kappa shape index (κ3) is 2.68. The molecule has 98 valence electrons. The number of morpholine rings is 1. The van der Waals surface area contributed by atoms with Crippen LogP contribution in [0.25, 0.3) is 0 Å². The molecule has 1 aromatic rings. The maximum atomic E-state index is 5.64. The number of anilines is 1. The van der Waals surface area contributed by atoms with Crippen LogP contribution >= 0.6 is 0 Å². The molecule has 3 rings (SSSR count). The van der Waals surface area contributed by atoms with Crippen LogP contribution in [0.15, 0.2) is 18.2 Å². The van der Waals surface area contributed by atoms with Gasteiger partial charge in [-0.1, -0.05) is 0 Å². The minimum absolute atomic E-state index is 0.320. The van der Waals surface area contributed by atoms with Gasteiger partial charge in [0.25, 0.3) is 0 Å². The number of fused-ring (bicyclic) bond motifs is 1. The Morgan fingerprint density at radius 2 is 2.22 bits per heavy atom. The van der Waals surface area contributed by atoms with Gasteiger partial charge in [-0.2, -0.15) is 0 Å². The van der Waals surface area contributed by atoms with E-state index in [1.54, 1.807) is 0 Å². The van der Waals surface area contributed by atoms with Crippen LogP contribution < -0.4 is 20.1 Å². The fraction of sp³-hybridized carbons (Fsp3) is 0.538. The number of rotatable bonds is 4. The van der Waals surface area contributed by atoms with Gasteiger partial charge in [0.1, 0.15) is 0 Å². The normalized spacial score (nSPS) is 21.9. The fourth-order valence-electron chi connectivity index (χ4n) is 2.19. The average molecular weight is 250 g/mol. The zero-order chi connectivity index (χ0) is 12.2. The highest BCUT2D eigenvalue weighted by atomic mass is 16.7. The molecule has 0 bridgehead atoms. The van der Waals surface area contributed by atoms with Crippen molar-refractivity contribution in [3.63, 3.8) is 0 Å². The summed E-state index contributed by atoms with van der Waals surface area (Å²) in [5.41, 5.74) is 1.06. The number of nitrogens with one attached hydrogen (secondary N) is 2. The summed E-state index contributed by atoms with van der Waals surface area (Å²) < 4.78 is 16.3. The molecular formula is C13H18N2O3. The standard InChI is InChI=1S/C13H18N2O3/c1-2-12-13(18-9-17-12)7-10(1)15-4-3-11-8-14-5-6-16-11/h1-2,7,11,14-15H,3-6,8-9H2. The smallest absolute Gasteiger partial charge is 0.231 e. The second kappa shape index (κ2) is 5.46. The van der Waals surface area contributed by atoms with Gasteiger partial charge in [-0.3, -0.25) is 0 Å². The maximum absolute atomic E-state index is 5.64. The lowest BCUT2D eigenvalue weighted by atomic mass is 10.2. The molecule has 0 aliphatic carbocycles. The number of hydrogen-bond donors (Lipinski definition) is 2. The molecule has 5 nitrogen and oxygen atoms in total. The number of benzene rings is 1. The van der Waals surface area contributed by atoms with Crippen LogP contribution in [-0.4, -0.2) is 39.1 Å². The molecule has 0 amide bonds. The maximum Gasteiger partial charge on any atom is 0.231 e. The van der Waals surface area contributed by atoms with Crippen molar-refractivity contribution in [2.24, 2.45) is 0 Å². The highest BCUT2D eigenvalue weighted by Gasteiger charge is 2.14. The molecule has 2 heterocycles. The quantitative estimate of drug-likeness (QED) is 0.841. The third-order valence-electron chi connectivity index (χ3n) is 3.17. The minimum Gasteiger partial charge on any atom is -0.454 e. The minimum atomic E-state index is 0.320. The van der Waals surface area contributed by atoms with Gasteiger partial charge in [0, 0.05) is 31.4 Å². The largest absolute Gasteiger partial charge is 0.454 e. The van der Waals surface area contributed by atoms with Crippen LogP contribution in [0.4, 0.5) is 5.69 Å². The molecule has 1 fully saturated rings. The van der Waals surface area contributed by atoms with E-state index in [-0.39, 0.29) is 0 Å². The van der Waals surface area contributed by atoms with Gasteiger partial charge in [-0.05, 0) is 18.6 Å². The van der Waals surface area contributed by atoms with Crippen LogP contribution in [0.5, 0.6) is 11.5 Å². The molecule has 1 saturated heterocycles. The molecular weight excluding hydrogens is 232 g/mol. The van der Waals surface area contributed by atoms with Gasteiger partial charge in [0.2, 0.25) is 6.79 Å². The Morgan fingerprint density at radius 3 is 3.11 bits per heavy atom. The van der Waals surface area contributed by atoms with Crippen LogP contribution in [0.2, 0.25) is 0 Å². The molecule has 0 radical (unpaired) electrons. The molecule has 2 aliphatic heterocycles. The summed E-state index contributed by atoms with van der Waals surface area (Å²) in [6.45, 7) is 3.94. The first-order valence-corrected chi connectivity index (χ1v) is 6.38. The van der Waals surface area contributed by atoms with Crippen LogP contribution in [0, 0.1) is 0 Å². The van der Waals surface area contributed by atoms with Crippen molar-refractivity contribution in [1.29, 1.82) is 0 Å². The van der Waals surface area contributed by atoms with Crippen molar-refractivity contribution in [1.82, 2.24) is 5.32 Å². The van der Waals surface area contributed by atoms with E-state index in [0.29, 0.717) is 12.9 Å². The summed E-state index contributed by atoms with van der Waals surface area (Å²) >= 11 is 0. The third-order valence-corrected chi connectivity index (χ3v) is 3.17. The van der Waals surface area contributed by atoms with E-state index in [4.69, 9.17) is 14.2 Å². The number of ether oxygens (including phenoxy) is 3. The van der Waals surface area contributed by atoms with E-state index >= 15 is 0 Å². The van der Waals surface area contributed by atoms with Crippen molar-refractivity contribution < 1.29 is 14.2 Å². The van der Waals surface area contributed by atoms with Crippen molar-refractivity contribution in [2.75, 3.05) is 38.4 Å². The lowest BCUT2D eigenvalue weighted by Gasteiger charge is -2.23. The van der Waals surface area contributed by atoms with Crippen molar-refractivity contribution in [2.45, 2.75) is 12.5 Å². The van der Waals surface area contributed by atoms with Gasteiger partial charge >= 0.3 is 0 Å². The van der Waals surface area contributed by atoms with E-state index in [1.807, 2.05) is 18.2 Å². The molecule has 1 unspecified atom stereocenters. The molecule has 5 heteroatoms. The summed E-state index contributed by atoms with van der Waals surface area (Å²) in [5.74, 6) is 1.64. The van der Waals surface area contributed by atoms with E-state index in [0.717, 1.165) is 49.8 Å². The van der Waals surface area contributed by atoms with E-state index in [2.05, 4.69) is 10.6 Å². The lowest BCUT2D eigenvalue weighted by molar-refractivity contribution is 0.0258. The lowest BCUT2D eigenvalue weighted by Crippen LogP contribution is -2.39. The summed E-state index contributed by atoms with van der Waals surface area (Å²) in [7, 11) is 0. The van der Waals surface area contributed by atoms with E-state index in [9.17, 15) is 0 Å². The number of hydrogen-bond acceptors (Lipinski definition) is 5. The topological polar surface area (TPSA) is 51.8 Å². The Labute approximate surface area is 106 Å². The molecule has 1 aromatic carbocycles. The zero-order valence-corrected chi connectivity index (χ0v) is 10.3. The molecule has 0 aromatic heterocycles. The zero-order valence-electron chi connectivity index (χ0n) is 10.3. The SMILES string of the molecule is c1cc2c(cc1NCCC1CNCCO1)OCO2. The fourth-order valence-corrected chi connectivity index (χ4v) is 2.19. The monoisotopic (exact) mass is 250 g/mol. The molecule has 2 aliphatic rings. The summed E-state index contributed by atoms with van der Waals surface area (Å²) in [6.07, 6.45) is 1.32. The first kappa shape index (κ1) is 11.6. The molecule has 2 N–H and O–H groups in total. The predicted octanol–water partition coefficient (Wildman–Crippen LogP) is 1.21. The van der Waals surface area contributed by atoms with Crippen LogP contribution in [0.1, 0.15) is 6.42 Å². The van der Waals surface area contributed by atoms with Gasteiger partial charge in [0.05, 0.1) is 12.7 Å².